The molecular formula is C19H13F3N4O. The van der Waals surface area contributed by atoms with Crippen molar-refractivity contribution in [1.29, 1.82) is 0 Å². The van der Waals surface area contributed by atoms with Crippen molar-refractivity contribution in [3.8, 4) is 16.9 Å². The number of pyridine rings is 2. The minimum atomic E-state index is -3.10. The van der Waals surface area contributed by atoms with Crippen molar-refractivity contribution in [1.82, 2.24) is 19.7 Å². The van der Waals surface area contributed by atoms with Gasteiger partial charge >= 0.3 is 6.61 Å². The van der Waals surface area contributed by atoms with Gasteiger partial charge in [0.2, 0.25) is 0 Å². The Bertz CT molecular complexity index is 1080. The van der Waals surface area contributed by atoms with Crippen LogP contribution in [0.25, 0.3) is 22.2 Å². The molecule has 0 aliphatic heterocycles. The van der Waals surface area contributed by atoms with Crippen molar-refractivity contribution < 1.29 is 17.9 Å². The largest absolute Gasteiger partial charge is 0.432 e. The summed E-state index contributed by atoms with van der Waals surface area (Å²) < 4.78 is 44.5. The van der Waals surface area contributed by atoms with E-state index < -0.39 is 18.2 Å². The number of fused-ring (bicyclic) bond motifs is 1. The van der Waals surface area contributed by atoms with Gasteiger partial charge in [-0.05, 0) is 35.4 Å². The average molecular weight is 370 g/mol. The smallest absolute Gasteiger partial charge is 0.387 e. The molecule has 0 aliphatic carbocycles. The summed E-state index contributed by atoms with van der Waals surface area (Å²) >= 11 is 0. The molecule has 0 saturated heterocycles. The van der Waals surface area contributed by atoms with E-state index in [1.807, 2.05) is 18.2 Å². The van der Waals surface area contributed by atoms with Gasteiger partial charge in [-0.1, -0.05) is 12.1 Å². The maximum Gasteiger partial charge on any atom is 0.387 e. The minimum absolute atomic E-state index is 0.506. The summed E-state index contributed by atoms with van der Waals surface area (Å²) in [5.74, 6) is -1.36. The Morgan fingerprint density at radius 2 is 1.93 bits per heavy atom. The normalized spacial score (nSPS) is 11.3. The van der Waals surface area contributed by atoms with Crippen LogP contribution in [0.5, 0.6) is 5.75 Å². The summed E-state index contributed by atoms with van der Waals surface area (Å²) in [6.45, 7) is -2.60. The molecule has 5 nitrogen and oxygen atoms in total. The molecule has 4 rings (SSSR count). The number of nitrogens with zero attached hydrogens (tertiary/aromatic N) is 4. The predicted octanol–water partition coefficient (Wildman–Crippen LogP) is 4.28. The van der Waals surface area contributed by atoms with Crippen LogP contribution >= 0.6 is 0 Å². The molecule has 0 amide bonds. The van der Waals surface area contributed by atoms with Gasteiger partial charge in [-0.15, -0.1) is 0 Å². The van der Waals surface area contributed by atoms with Crippen LogP contribution in [-0.4, -0.2) is 26.4 Å². The Labute approximate surface area is 152 Å². The first-order chi connectivity index (χ1) is 13.1. The van der Waals surface area contributed by atoms with Gasteiger partial charge in [-0.2, -0.15) is 13.9 Å². The number of rotatable bonds is 5. The van der Waals surface area contributed by atoms with E-state index in [9.17, 15) is 13.2 Å². The number of alkyl halides is 2. The van der Waals surface area contributed by atoms with E-state index in [4.69, 9.17) is 0 Å². The molecule has 4 aromatic rings. The second-order valence-electron chi connectivity index (χ2n) is 5.82. The van der Waals surface area contributed by atoms with Crippen LogP contribution in [0.4, 0.5) is 13.2 Å². The Morgan fingerprint density at radius 1 is 1.04 bits per heavy atom. The molecule has 0 spiro atoms. The molecule has 0 bridgehead atoms. The van der Waals surface area contributed by atoms with Gasteiger partial charge in [0.1, 0.15) is 5.52 Å². The zero-order valence-electron chi connectivity index (χ0n) is 13.9. The van der Waals surface area contributed by atoms with E-state index >= 15 is 0 Å². The number of benzene rings is 1. The Hall–Kier alpha value is -3.42. The van der Waals surface area contributed by atoms with Crippen LogP contribution in [0, 0.1) is 5.82 Å². The summed E-state index contributed by atoms with van der Waals surface area (Å²) in [7, 11) is 0. The van der Waals surface area contributed by atoms with E-state index in [-0.39, 0.29) is 0 Å². The van der Waals surface area contributed by atoms with Gasteiger partial charge in [0.25, 0.3) is 0 Å². The van der Waals surface area contributed by atoms with E-state index in [1.165, 1.54) is 12.1 Å². The van der Waals surface area contributed by atoms with Crippen LogP contribution in [0.1, 0.15) is 5.56 Å². The Morgan fingerprint density at radius 3 is 2.70 bits per heavy atom. The third kappa shape index (κ3) is 3.59. The summed E-state index contributed by atoms with van der Waals surface area (Å²) in [5, 5.41) is 4.34. The maximum atomic E-state index is 13.7. The number of ether oxygens (including phenoxy) is 1. The zero-order chi connectivity index (χ0) is 18.8. The highest BCUT2D eigenvalue weighted by atomic mass is 19.3. The SMILES string of the molecule is Fc1ccc(-c2cnc3cnn(Cc4cccnc4)c3c2)cc1OC(F)F. The lowest BCUT2D eigenvalue weighted by atomic mass is 10.1. The van der Waals surface area contributed by atoms with Crippen molar-refractivity contribution in [3.63, 3.8) is 0 Å². The Kier molecular flexibility index (Phi) is 4.45. The highest BCUT2D eigenvalue weighted by Crippen LogP contribution is 2.29. The minimum Gasteiger partial charge on any atom is -0.432 e. The number of aromatic nitrogens is 4. The number of halogens is 3. The molecule has 0 fully saturated rings. The fraction of sp³-hybridized carbons (Fsp3) is 0.105. The predicted molar refractivity (Wildman–Crippen MR) is 92.9 cm³/mol. The monoisotopic (exact) mass is 370 g/mol. The molecule has 8 heteroatoms. The highest BCUT2D eigenvalue weighted by Gasteiger charge is 2.13. The molecule has 3 aromatic heterocycles. The van der Waals surface area contributed by atoms with E-state index in [0.29, 0.717) is 23.2 Å². The first-order valence-corrected chi connectivity index (χ1v) is 8.05. The molecule has 0 unspecified atom stereocenters. The second kappa shape index (κ2) is 7.06. The molecule has 0 aliphatic rings. The lowest BCUT2D eigenvalue weighted by Crippen LogP contribution is -2.04. The quantitative estimate of drug-likeness (QED) is 0.526. The first-order valence-electron chi connectivity index (χ1n) is 8.05. The van der Waals surface area contributed by atoms with Gasteiger partial charge in [0.05, 0.1) is 18.3 Å². The molecule has 27 heavy (non-hydrogen) atoms. The van der Waals surface area contributed by atoms with Gasteiger partial charge in [-0.25, -0.2) is 4.39 Å². The van der Waals surface area contributed by atoms with E-state index in [2.05, 4.69) is 19.8 Å². The van der Waals surface area contributed by atoms with Gasteiger partial charge < -0.3 is 4.74 Å². The van der Waals surface area contributed by atoms with Crippen LogP contribution in [0.3, 0.4) is 0 Å². The van der Waals surface area contributed by atoms with Crippen LogP contribution in [0.2, 0.25) is 0 Å². The molecule has 0 radical (unpaired) electrons. The van der Waals surface area contributed by atoms with Gasteiger partial charge in [-0.3, -0.25) is 14.6 Å². The standard InChI is InChI=1S/C19H13F3N4O/c20-15-4-3-13(7-18(15)27-19(21)22)14-6-17-16(24-9-14)10-25-26(17)11-12-2-1-5-23-8-12/h1-10,19H,11H2. The van der Waals surface area contributed by atoms with Crippen LogP contribution in [-0.2, 0) is 6.54 Å². The summed E-state index contributed by atoms with van der Waals surface area (Å²) in [4.78, 5) is 8.44. The molecular weight excluding hydrogens is 357 g/mol. The summed E-state index contributed by atoms with van der Waals surface area (Å²) in [5.41, 5.74) is 3.57. The third-order valence-electron chi connectivity index (χ3n) is 4.03. The summed E-state index contributed by atoms with van der Waals surface area (Å²) in [6.07, 6.45) is 6.67. The van der Waals surface area contributed by atoms with Crippen LogP contribution < -0.4 is 4.74 Å². The van der Waals surface area contributed by atoms with E-state index in [1.54, 1.807) is 29.5 Å². The molecule has 1 aromatic carbocycles. The van der Waals surface area contributed by atoms with Gasteiger partial charge in [0.15, 0.2) is 11.6 Å². The second-order valence-corrected chi connectivity index (χ2v) is 5.82. The molecule has 0 atom stereocenters. The van der Waals surface area contributed by atoms with Crippen molar-refractivity contribution in [2.75, 3.05) is 0 Å². The van der Waals surface area contributed by atoms with Crippen molar-refractivity contribution >= 4 is 11.0 Å². The van der Waals surface area contributed by atoms with Crippen LogP contribution in [0.15, 0.2) is 61.2 Å². The third-order valence-corrected chi connectivity index (χ3v) is 4.03. The lowest BCUT2D eigenvalue weighted by Gasteiger charge is -2.09. The zero-order valence-corrected chi connectivity index (χ0v) is 13.9. The van der Waals surface area contributed by atoms with Crippen molar-refractivity contribution in [3.05, 3.63) is 72.6 Å². The average Bonchev–Trinajstić information content (AvgIpc) is 3.06. The fourth-order valence-electron chi connectivity index (χ4n) is 2.77. The molecule has 0 saturated carbocycles. The number of hydrogen-bond donors (Lipinski definition) is 0. The molecule has 136 valence electrons. The van der Waals surface area contributed by atoms with E-state index in [0.717, 1.165) is 17.1 Å². The van der Waals surface area contributed by atoms with Crippen molar-refractivity contribution in [2.24, 2.45) is 0 Å². The molecule has 0 N–H and O–H groups in total. The van der Waals surface area contributed by atoms with Gasteiger partial charge in [0, 0.05) is 24.2 Å². The topological polar surface area (TPSA) is 52.8 Å². The summed E-state index contributed by atoms with van der Waals surface area (Å²) in [6, 6.07) is 9.40. The maximum absolute atomic E-state index is 13.7. The fourth-order valence-corrected chi connectivity index (χ4v) is 2.77. The first kappa shape index (κ1) is 17.0. The highest BCUT2D eigenvalue weighted by molar-refractivity contribution is 5.80. The molecule has 3 heterocycles. The Balaban J connectivity index is 1.72. The lowest BCUT2D eigenvalue weighted by molar-refractivity contribution is -0.0521. The number of hydrogen-bond acceptors (Lipinski definition) is 4. The van der Waals surface area contributed by atoms with Crippen molar-refractivity contribution in [2.45, 2.75) is 13.2 Å².